The van der Waals surface area contributed by atoms with E-state index in [2.05, 4.69) is 42.3 Å². The second-order valence-electron chi connectivity index (χ2n) is 20.7. The van der Waals surface area contributed by atoms with Gasteiger partial charge in [0.15, 0.2) is 0 Å². The minimum Gasteiger partial charge on any atom is -0.462 e. The molecule has 0 aliphatic carbocycles. The Balaban J connectivity index is 4.90. The van der Waals surface area contributed by atoms with E-state index in [4.69, 9.17) is 9.47 Å². The molecular formula is C57H114N4O6S. The summed E-state index contributed by atoms with van der Waals surface area (Å²) in [6.45, 7) is 12.6. The molecule has 0 saturated carbocycles. The minimum absolute atomic E-state index is 0.00358. The molecule has 1 N–H and O–H groups in total. The molecule has 0 aromatic rings. The minimum atomic E-state index is -3.40. The van der Waals surface area contributed by atoms with Gasteiger partial charge in [0.05, 0.1) is 6.26 Å². The quantitative estimate of drug-likeness (QED) is 0.0277. The lowest BCUT2D eigenvalue weighted by atomic mass is 10.0. The summed E-state index contributed by atoms with van der Waals surface area (Å²) in [4.78, 5) is 34.7. The summed E-state index contributed by atoms with van der Waals surface area (Å²) in [5.41, 5.74) is 0. The molecule has 0 spiro atoms. The monoisotopic (exact) mass is 983 g/mol. The number of carbonyl (C=O) groups excluding carboxylic acids is 2. The molecule has 0 atom stereocenters. The fourth-order valence-electron chi connectivity index (χ4n) is 9.14. The Labute approximate surface area is 422 Å². The number of rotatable bonds is 51. The van der Waals surface area contributed by atoms with Crippen molar-refractivity contribution in [2.45, 2.75) is 303 Å². The van der Waals surface area contributed by atoms with E-state index < -0.39 is 10.0 Å². The van der Waals surface area contributed by atoms with Crippen LogP contribution in [0.4, 0.5) is 0 Å². The maximum atomic E-state index is 12.9. The Morgan fingerprint density at radius 1 is 0.441 bits per heavy atom. The third-order valence-electron chi connectivity index (χ3n) is 13.4. The topological polar surface area (TPSA) is 118 Å². The Kier molecular flexibility index (Phi) is 47.4. The van der Waals surface area contributed by atoms with E-state index in [-0.39, 0.29) is 24.1 Å². The predicted molar refractivity (Wildman–Crippen MR) is 292 cm³/mol. The van der Waals surface area contributed by atoms with Crippen LogP contribution >= 0.6 is 0 Å². The highest BCUT2D eigenvalue weighted by Gasteiger charge is 2.16. The second-order valence-corrected chi connectivity index (χ2v) is 22.4. The van der Waals surface area contributed by atoms with E-state index in [0.717, 1.165) is 148 Å². The number of ether oxygens (including phenoxy) is 2. The van der Waals surface area contributed by atoms with Crippen LogP contribution in [0.15, 0.2) is 4.99 Å². The standard InChI is InChI=1S/C57H114N4O6S/c1-8-12-16-20-26-34-43-53(44-35-27-21-17-13-9-2)66-55(62)47-38-30-24-32-40-50-61(52-42-49-58-57(60(5)6)59-68(7,64)65)51-41-33-25-31-39-48-56(63)67-54(45-36-28-22-18-14-10-3)46-37-29-23-19-15-11-4/h53-54H,8-52H2,1-7H3,(H,58,59). The number of unbranched alkanes of at least 4 members (excludes halogenated alkanes) is 28. The number of hydrogen-bond acceptors (Lipinski definition) is 8. The van der Waals surface area contributed by atoms with Gasteiger partial charge in [0.2, 0.25) is 16.0 Å². The maximum absolute atomic E-state index is 12.9. The molecule has 0 aliphatic rings. The van der Waals surface area contributed by atoms with Crippen molar-refractivity contribution in [2.24, 2.45) is 4.99 Å². The number of carbonyl (C=O) groups is 2. The summed E-state index contributed by atoms with van der Waals surface area (Å²) < 4.78 is 38.4. The molecule has 0 aromatic carbocycles. The number of nitrogens with one attached hydrogen (secondary N) is 1. The van der Waals surface area contributed by atoms with Gasteiger partial charge in [-0.1, -0.05) is 195 Å². The number of hydrogen-bond donors (Lipinski definition) is 1. The molecule has 0 radical (unpaired) electrons. The van der Waals surface area contributed by atoms with Crippen LogP contribution in [0.25, 0.3) is 0 Å². The van der Waals surface area contributed by atoms with Gasteiger partial charge in [-0.15, -0.1) is 0 Å². The molecule has 404 valence electrons. The SMILES string of the molecule is CCCCCCCCC(CCCCCCCC)OC(=O)CCCCCCCN(CCCCCCCC(=O)OC(CCCCCCCC)CCCCCCCC)CCCN=C(NS(C)(=O)=O)N(C)C. The van der Waals surface area contributed by atoms with Crippen LogP contribution in [0, 0.1) is 0 Å². The summed E-state index contributed by atoms with van der Waals surface area (Å²) >= 11 is 0. The lowest BCUT2D eigenvalue weighted by Crippen LogP contribution is -2.39. The summed E-state index contributed by atoms with van der Waals surface area (Å²) in [6.07, 6.45) is 48.3. The summed E-state index contributed by atoms with van der Waals surface area (Å²) in [6, 6.07) is 0. The van der Waals surface area contributed by atoms with E-state index >= 15 is 0 Å². The number of sulfonamides is 1. The molecule has 0 rings (SSSR count). The zero-order valence-electron chi connectivity index (χ0n) is 46.2. The Hall–Kier alpha value is -1.88. The highest BCUT2D eigenvalue weighted by Crippen LogP contribution is 2.20. The van der Waals surface area contributed by atoms with Gasteiger partial charge in [0.25, 0.3) is 0 Å². The van der Waals surface area contributed by atoms with Gasteiger partial charge in [0, 0.05) is 33.5 Å². The van der Waals surface area contributed by atoms with Crippen molar-refractivity contribution in [2.75, 3.05) is 46.5 Å². The zero-order valence-corrected chi connectivity index (χ0v) is 47.0. The number of nitrogens with zero attached hydrogens (tertiary/aromatic N) is 3. The van der Waals surface area contributed by atoms with Crippen LogP contribution in [-0.4, -0.2) is 94.9 Å². The lowest BCUT2D eigenvalue weighted by Gasteiger charge is -2.22. The van der Waals surface area contributed by atoms with Gasteiger partial charge in [-0.05, 0) is 103 Å². The molecule has 0 fully saturated rings. The number of guanidine groups is 1. The van der Waals surface area contributed by atoms with Crippen molar-refractivity contribution in [3.63, 3.8) is 0 Å². The molecule has 0 bridgehead atoms. The van der Waals surface area contributed by atoms with E-state index in [1.165, 1.54) is 128 Å². The van der Waals surface area contributed by atoms with E-state index in [1.807, 2.05) is 0 Å². The highest BCUT2D eigenvalue weighted by molar-refractivity contribution is 7.89. The van der Waals surface area contributed by atoms with Crippen molar-refractivity contribution < 1.29 is 27.5 Å². The first-order valence-corrected chi connectivity index (χ1v) is 31.2. The van der Waals surface area contributed by atoms with Crippen molar-refractivity contribution in [3.05, 3.63) is 0 Å². The van der Waals surface area contributed by atoms with Gasteiger partial charge in [0.1, 0.15) is 12.2 Å². The van der Waals surface area contributed by atoms with Crippen LogP contribution < -0.4 is 4.72 Å². The highest BCUT2D eigenvalue weighted by atomic mass is 32.2. The van der Waals surface area contributed by atoms with Crippen LogP contribution in [0.3, 0.4) is 0 Å². The molecule has 0 unspecified atom stereocenters. The largest absolute Gasteiger partial charge is 0.462 e. The summed E-state index contributed by atoms with van der Waals surface area (Å²) in [5, 5.41) is 0. The first-order valence-electron chi connectivity index (χ1n) is 29.3. The number of esters is 2. The van der Waals surface area contributed by atoms with Crippen molar-refractivity contribution >= 4 is 27.9 Å². The first kappa shape index (κ1) is 66.1. The third kappa shape index (κ3) is 46.5. The first-order chi connectivity index (χ1) is 32.9. The molecule has 0 amide bonds. The lowest BCUT2D eigenvalue weighted by molar-refractivity contribution is -0.151. The van der Waals surface area contributed by atoms with E-state index in [0.29, 0.717) is 25.3 Å². The van der Waals surface area contributed by atoms with Gasteiger partial charge in [-0.25, -0.2) is 8.42 Å². The molecule has 68 heavy (non-hydrogen) atoms. The third-order valence-corrected chi connectivity index (χ3v) is 14.0. The van der Waals surface area contributed by atoms with E-state index in [9.17, 15) is 18.0 Å². The smallest absolute Gasteiger partial charge is 0.306 e. The Morgan fingerprint density at radius 2 is 0.735 bits per heavy atom. The fraction of sp³-hybridized carbons (Fsp3) is 0.947. The van der Waals surface area contributed by atoms with Crippen LogP contribution in [0.2, 0.25) is 0 Å². The summed E-state index contributed by atoms with van der Waals surface area (Å²) in [7, 11) is 0.195. The van der Waals surface area contributed by atoms with Crippen molar-refractivity contribution in [1.29, 1.82) is 0 Å². The molecule has 10 nitrogen and oxygen atoms in total. The number of aliphatic imine (C=N–C) groups is 1. The van der Waals surface area contributed by atoms with Gasteiger partial charge in [-0.2, -0.15) is 0 Å². The Bertz CT molecular complexity index is 1170. The fourth-order valence-corrected chi connectivity index (χ4v) is 9.72. The average molecular weight is 984 g/mol. The Morgan fingerprint density at radius 3 is 1.06 bits per heavy atom. The van der Waals surface area contributed by atoms with Crippen molar-refractivity contribution in [1.82, 2.24) is 14.5 Å². The van der Waals surface area contributed by atoms with E-state index in [1.54, 1.807) is 19.0 Å². The molecule has 0 aromatic heterocycles. The molecule has 0 saturated heterocycles. The molecule has 11 heteroatoms. The molecular weight excluding hydrogens is 869 g/mol. The predicted octanol–water partition coefficient (Wildman–Crippen LogP) is 15.7. The second kappa shape index (κ2) is 48.7. The molecule has 0 aliphatic heterocycles. The van der Waals surface area contributed by atoms with Crippen LogP contribution in [-0.2, 0) is 29.1 Å². The van der Waals surface area contributed by atoms with Crippen molar-refractivity contribution in [3.8, 4) is 0 Å². The van der Waals surface area contributed by atoms with Crippen LogP contribution in [0.1, 0.15) is 291 Å². The summed E-state index contributed by atoms with van der Waals surface area (Å²) in [5.74, 6) is 0.358. The normalized spacial score (nSPS) is 12.2. The van der Waals surface area contributed by atoms with Gasteiger partial charge in [-0.3, -0.25) is 19.3 Å². The van der Waals surface area contributed by atoms with Gasteiger partial charge >= 0.3 is 11.9 Å². The maximum Gasteiger partial charge on any atom is 0.306 e. The van der Waals surface area contributed by atoms with Gasteiger partial charge < -0.3 is 19.3 Å². The molecule has 0 heterocycles. The zero-order chi connectivity index (χ0) is 50.2. The average Bonchev–Trinajstić information content (AvgIpc) is 3.30. The van der Waals surface area contributed by atoms with Crippen LogP contribution in [0.5, 0.6) is 0 Å².